The topological polar surface area (TPSA) is 53.5 Å². The fourth-order valence-corrected chi connectivity index (χ4v) is 5.63. The molecule has 1 saturated carbocycles. The Kier molecular flexibility index (Phi) is 3.28. The summed E-state index contributed by atoms with van der Waals surface area (Å²) in [4.78, 5) is 6.79. The molecule has 2 saturated heterocycles. The van der Waals surface area contributed by atoms with Gasteiger partial charge in [0.25, 0.3) is 0 Å². The number of aromatic nitrogens is 1. The molecule has 2 aliphatic heterocycles. The highest BCUT2D eigenvalue weighted by Crippen LogP contribution is 2.38. The van der Waals surface area contributed by atoms with Crippen molar-refractivity contribution in [2.75, 3.05) is 26.2 Å². The van der Waals surface area contributed by atoms with Crippen LogP contribution in [0.15, 0.2) is 24.4 Å². The average Bonchev–Trinajstić information content (AvgIpc) is 3.15. The van der Waals surface area contributed by atoms with E-state index in [-0.39, 0.29) is 5.25 Å². The quantitative estimate of drug-likeness (QED) is 0.831. The molecule has 5 nitrogen and oxygen atoms in total. The summed E-state index contributed by atoms with van der Waals surface area (Å²) in [5.41, 5.74) is 1.10. The van der Waals surface area contributed by atoms with E-state index in [0.29, 0.717) is 11.8 Å². The smallest absolute Gasteiger partial charge is 0.217 e. The number of hydrogen-bond acceptors (Lipinski definition) is 4. The van der Waals surface area contributed by atoms with Gasteiger partial charge in [0.15, 0.2) is 0 Å². The fraction of sp³-hybridized carbons (Fsp3) is 0.667. The van der Waals surface area contributed by atoms with Crippen molar-refractivity contribution < 1.29 is 8.42 Å². The number of rotatable bonds is 4. The summed E-state index contributed by atoms with van der Waals surface area (Å²) < 4.78 is 26.4. The van der Waals surface area contributed by atoms with Crippen molar-refractivity contribution in [3.05, 3.63) is 30.1 Å². The van der Waals surface area contributed by atoms with E-state index in [4.69, 9.17) is 0 Å². The van der Waals surface area contributed by atoms with Gasteiger partial charge < -0.3 is 0 Å². The van der Waals surface area contributed by atoms with Crippen LogP contribution in [0.5, 0.6) is 0 Å². The number of sulfonamides is 1. The first-order valence-corrected chi connectivity index (χ1v) is 9.24. The van der Waals surface area contributed by atoms with Crippen LogP contribution in [0.3, 0.4) is 0 Å². The maximum atomic E-state index is 12.3. The van der Waals surface area contributed by atoms with Gasteiger partial charge in [0.05, 0.1) is 10.9 Å². The van der Waals surface area contributed by atoms with Crippen LogP contribution in [0.1, 0.15) is 18.5 Å². The molecular formula is C15H21N3O2S. The Morgan fingerprint density at radius 1 is 1.10 bits per heavy atom. The van der Waals surface area contributed by atoms with E-state index in [1.54, 1.807) is 4.31 Å². The van der Waals surface area contributed by atoms with Gasteiger partial charge in [-0.2, -0.15) is 0 Å². The Morgan fingerprint density at radius 3 is 2.38 bits per heavy atom. The molecule has 0 radical (unpaired) electrons. The van der Waals surface area contributed by atoms with E-state index in [0.717, 1.165) is 51.3 Å². The molecule has 2 unspecified atom stereocenters. The average molecular weight is 307 g/mol. The molecule has 1 aromatic heterocycles. The molecular weight excluding hydrogens is 286 g/mol. The molecule has 3 heterocycles. The summed E-state index contributed by atoms with van der Waals surface area (Å²) in [5.74, 6) is 1.00. The first-order chi connectivity index (χ1) is 10.1. The van der Waals surface area contributed by atoms with Gasteiger partial charge in [0.2, 0.25) is 10.0 Å². The Balaban J connectivity index is 1.37. The van der Waals surface area contributed by atoms with Gasteiger partial charge in [-0.05, 0) is 36.8 Å². The minimum atomic E-state index is -2.98. The lowest BCUT2D eigenvalue weighted by atomic mass is 10.0. The third-order valence-electron chi connectivity index (χ3n) is 4.95. The molecule has 0 aromatic carbocycles. The van der Waals surface area contributed by atoms with Gasteiger partial charge in [-0.1, -0.05) is 6.07 Å². The molecule has 2 atom stereocenters. The molecule has 0 N–H and O–H groups in total. The maximum absolute atomic E-state index is 12.3. The number of hydrogen-bond donors (Lipinski definition) is 0. The van der Waals surface area contributed by atoms with Crippen LogP contribution in [0.25, 0.3) is 0 Å². The Bertz CT molecular complexity index is 601. The molecule has 1 aliphatic carbocycles. The van der Waals surface area contributed by atoms with Crippen molar-refractivity contribution in [3.8, 4) is 0 Å². The summed E-state index contributed by atoms with van der Waals surface area (Å²) >= 11 is 0. The maximum Gasteiger partial charge on any atom is 0.217 e. The largest absolute Gasteiger partial charge is 0.297 e. The zero-order chi connectivity index (χ0) is 14.4. The second-order valence-corrected chi connectivity index (χ2v) is 8.81. The first-order valence-electron chi connectivity index (χ1n) is 7.74. The minimum absolute atomic E-state index is 0.0686. The van der Waals surface area contributed by atoms with E-state index in [1.165, 1.54) is 0 Å². The molecule has 0 bridgehead atoms. The van der Waals surface area contributed by atoms with Gasteiger partial charge in [0, 0.05) is 38.9 Å². The van der Waals surface area contributed by atoms with Crippen LogP contribution >= 0.6 is 0 Å². The van der Waals surface area contributed by atoms with Gasteiger partial charge in [-0.3, -0.25) is 9.88 Å². The van der Waals surface area contributed by atoms with Crippen molar-refractivity contribution in [1.29, 1.82) is 0 Å². The molecule has 0 spiro atoms. The lowest BCUT2D eigenvalue weighted by molar-refractivity contribution is 0.286. The van der Waals surface area contributed by atoms with Crippen LogP contribution in [-0.2, 0) is 16.6 Å². The highest BCUT2D eigenvalue weighted by molar-refractivity contribution is 7.90. The van der Waals surface area contributed by atoms with Crippen LogP contribution < -0.4 is 0 Å². The summed E-state index contributed by atoms with van der Waals surface area (Å²) in [5, 5.41) is -0.0686. The van der Waals surface area contributed by atoms with E-state index in [2.05, 4.69) is 16.0 Å². The minimum Gasteiger partial charge on any atom is -0.297 e. The number of fused-ring (bicyclic) bond motifs is 1. The zero-order valence-electron chi connectivity index (χ0n) is 12.1. The van der Waals surface area contributed by atoms with Crippen molar-refractivity contribution in [2.45, 2.75) is 24.6 Å². The number of pyridine rings is 1. The SMILES string of the molecule is O=S(=O)(C1CC1)N1CC2CN(Cc3ccccn3)CC2C1. The molecule has 3 fully saturated rings. The Hall–Kier alpha value is -0.980. The highest BCUT2D eigenvalue weighted by atomic mass is 32.2. The van der Waals surface area contributed by atoms with Crippen molar-refractivity contribution in [1.82, 2.24) is 14.2 Å². The first kappa shape index (κ1) is 13.7. The fourth-order valence-electron chi connectivity index (χ4n) is 3.68. The van der Waals surface area contributed by atoms with Crippen molar-refractivity contribution >= 4 is 10.0 Å². The Morgan fingerprint density at radius 2 is 1.81 bits per heavy atom. The normalized spacial score (nSPS) is 30.7. The summed E-state index contributed by atoms with van der Waals surface area (Å²) in [6.07, 6.45) is 3.55. The third kappa shape index (κ3) is 2.60. The van der Waals surface area contributed by atoms with Crippen LogP contribution in [0.4, 0.5) is 0 Å². The van der Waals surface area contributed by atoms with E-state index in [9.17, 15) is 8.42 Å². The van der Waals surface area contributed by atoms with Crippen molar-refractivity contribution in [3.63, 3.8) is 0 Å². The molecule has 0 amide bonds. The molecule has 114 valence electrons. The van der Waals surface area contributed by atoms with Crippen LogP contribution in [-0.4, -0.2) is 54.0 Å². The van der Waals surface area contributed by atoms with Crippen molar-refractivity contribution in [2.24, 2.45) is 11.8 Å². The van der Waals surface area contributed by atoms with E-state index >= 15 is 0 Å². The monoisotopic (exact) mass is 307 g/mol. The van der Waals surface area contributed by atoms with Gasteiger partial charge in [-0.25, -0.2) is 12.7 Å². The summed E-state index contributed by atoms with van der Waals surface area (Å²) in [7, 11) is -2.98. The predicted molar refractivity (Wildman–Crippen MR) is 80.0 cm³/mol. The standard InChI is InChI=1S/C15H21N3O2S/c19-21(20,15-4-5-15)18-9-12-7-17(8-13(12)10-18)11-14-3-1-2-6-16-14/h1-3,6,12-13,15H,4-5,7-11H2. The lowest BCUT2D eigenvalue weighted by Crippen LogP contribution is -2.35. The van der Waals surface area contributed by atoms with E-state index < -0.39 is 10.0 Å². The predicted octanol–water partition coefficient (Wildman–Crippen LogP) is 0.937. The molecule has 3 aliphatic rings. The van der Waals surface area contributed by atoms with Gasteiger partial charge >= 0.3 is 0 Å². The third-order valence-corrected chi connectivity index (χ3v) is 7.28. The second-order valence-electron chi connectivity index (χ2n) is 6.60. The molecule has 4 rings (SSSR count). The highest BCUT2D eigenvalue weighted by Gasteiger charge is 2.48. The summed E-state index contributed by atoms with van der Waals surface area (Å²) in [6.45, 7) is 4.32. The lowest BCUT2D eigenvalue weighted by Gasteiger charge is -2.21. The molecule has 21 heavy (non-hydrogen) atoms. The zero-order valence-corrected chi connectivity index (χ0v) is 12.9. The summed E-state index contributed by atoms with van der Waals surface area (Å²) in [6, 6.07) is 6.00. The Labute approximate surface area is 126 Å². The molecule has 6 heteroatoms. The van der Waals surface area contributed by atoms with Crippen LogP contribution in [0, 0.1) is 11.8 Å². The van der Waals surface area contributed by atoms with Gasteiger partial charge in [-0.15, -0.1) is 0 Å². The second kappa shape index (κ2) is 5.04. The van der Waals surface area contributed by atoms with E-state index in [1.807, 2.05) is 18.3 Å². The molecule has 1 aromatic rings. The van der Waals surface area contributed by atoms with Crippen LogP contribution in [0.2, 0.25) is 0 Å². The number of nitrogens with zero attached hydrogens (tertiary/aromatic N) is 3. The number of likely N-dealkylation sites (tertiary alicyclic amines) is 1. The van der Waals surface area contributed by atoms with Gasteiger partial charge in [0.1, 0.15) is 0 Å².